The van der Waals surface area contributed by atoms with Gasteiger partial charge in [0, 0.05) is 17.1 Å². The van der Waals surface area contributed by atoms with Crippen molar-refractivity contribution in [3.05, 3.63) is 28.2 Å². The summed E-state index contributed by atoms with van der Waals surface area (Å²) in [5.41, 5.74) is 0.997. The number of hydrogen-bond donors (Lipinski definition) is 1. The predicted octanol–water partition coefficient (Wildman–Crippen LogP) is 3.79. The molecule has 4 heteroatoms. The van der Waals surface area contributed by atoms with Gasteiger partial charge in [-0.2, -0.15) is 0 Å². The van der Waals surface area contributed by atoms with Crippen LogP contribution in [0, 0.1) is 0 Å². The van der Waals surface area contributed by atoms with Gasteiger partial charge >= 0.3 is 0 Å². The molecule has 0 spiro atoms. The van der Waals surface area contributed by atoms with E-state index in [4.69, 9.17) is 9.47 Å². The molecule has 0 bridgehead atoms. The van der Waals surface area contributed by atoms with Crippen LogP contribution in [0.3, 0.4) is 0 Å². The van der Waals surface area contributed by atoms with Gasteiger partial charge < -0.3 is 14.8 Å². The average molecular weight is 344 g/mol. The third-order valence-corrected chi connectivity index (χ3v) is 4.42. The van der Waals surface area contributed by atoms with E-state index in [2.05, 4.69) is 41.2 Å². The molecule has 2 atom stereocenters. The highest BCUT2D eigenvalue weighted by atomic mass is 79.9. The Kier molecular flexibility index (Phi) is 7.00. The second-order valence-electron chi connectivity index (χ2n) is 5.10. The minimum Gasteiger partial charge on any atom is -0.496 e. The number of nitrogens with one attached hydrogen (secondary N) is 1. The summed E-state index contributed by atoms with van der Waals surface area (Å²) < 4.78 is 12.5. The van der Waals surface area contributed by atoms with E-state index in [0.29, 0.717) is 0 Å². The van der Waals surface area contributed by atoms with E-state index in [0.717, 1.165) is 29.7 Å². The van der Waals surface area contributed by atoms with E-state index >= 15 is 0 Å². The van der Waals surface area contributed by atoms with Gasteiger partial charge in [-0.1, -0.05) is 22.9 Å². The number of rotatable bonds is 8. The highest BCUT2D eigenvalue weighted by molar-refractivity contribution is 9.10. The fourth-order valence-electron chi connectivity index (χ4n) is 2.53. The molecule has 0 saturated carbocycles. The van der Waals surface area contributed by atoms with Crippen molar-refractivity contribution in [3.8, 4) is 5.75 Å². The summed E-state index contributed by atoms with van der Waals surface area (Å²) in [7, 11) is 3.70. The molecule has 0 aliphatic heterocycles. The fourth-order valence-corrected chi connectivity index (χ4v) is 2.94. The molecule has 0 aliphatic carbocycles. The maximum Gasteiger partial charge on any atom is 0.122 e. The Morgan fingerprint density at radius 2 is 2.05 bits per heavy atom. The van der Waals surface area contributed by atoms with Gasteiger partial charge in [0.1, 0.15) is 5.75 Å². The Balaban J connectivity index is 3.01. The summed E-state index contributed by atoms with van der Waals surface area (Å²) in [5, 5.41) is 3.40. The van der Waals surface area contributed by atoms with Gasteiger partial charge in [-0.25, -0.2) is 0 Å². The molecule has 3 nitrogen and oxygen atoms in total. The lowest BCUT2D eigenvalue weighted by molar-refractivity contribution is -0.0534. The van der Waals surface area contributed by atoms with E-state index in [-0.39, 0.29) is 11.6 Å². The number of likely N-dealkylation sites (N-methyl/N-ethyl adjacent to an activating group) is 1. The summed E-state index contributed by atoms with van der Waals surface area (Å²) in [4.78, 5) is 0. The van der Waals surface area contributed by atoms with Crippen LogP contribution >= 0.6 is 15.9 Å². The van der Waals surface area contributed by atoms with Crippen LogP contribution in [0.4, 0.5) is 0 Å². The molecule has 1 aromatic carbocycles. The molecule has 0 aromatic heterocycles. The highest BCUT2D eigenvalue weighted by Crippen LogP contribution is 2.28. The molecule has 0 fully saturated rings. The monoisotopic (exact) mass is 343 g/mol. The van der Waals surface area contributed by atoms with Crippen LogP contribution < -0.4 is 10.1 Å². The van der Waals surface area contributed by atoms with E-state index in [1.165, 1.54) is 5.56 Å². The molecule has 1 rings (SSSR count). The van der Waals surface area contributed by atoms with Crippen molar-refractivity contribution in [3.63, 3.8) is 0 Å². The van der Waals surface area contributed by atoms with Gasteiger partial charge in [-0.05, 0) is 57.5 Å². The summed E-state index contributed by atoms with van der Waals surface area (Å²) in [6.45, 7) is 7.10. The van der Waals surface area contributed by atoms with Crippen molar-refractivity contribution in [2.45, 2.75) is 45.3 Å². The van der Waals surface area contributed by atoms with Crippen LogP contribution in [0.15, 0.2) is 22.7 Å². The van der Waals surface area contributed by atoms with Crippen molar-refractivity contribution in [2.24, 2.45) is 0 Å². The van der Waals surface area contributed by atoms with Crippen LogP contribution in [0.1, 0.15) is 32.8 Å². The molecule has 2 unspecified atom stereocenters. The zero-order valence-electron chi connectivity index (χ0n) is 13.1. The molecule has 0 radical (unpaired) electrons. The Morgan fingerprint density at radius 1 is 1.35 bits per heavy atom. The standard InChI is InChI=1S/C16H26BrNO2/c1-6-16(3,20-7-2)15(18-4)11-12-10-13(17)8-9-14(12)19-5/h8-10,15,18H,6-7,11H2,1-5H3. The Hall–Kier alpha value is -0.580. The molecular weight excluding hydrogens is 318 g/mol. The van der Waals surface area contributed by atoms with Gasteiger partial charge in [-0.15, -0.1) is 0 Å². The number of halogens is 1. The molecule has 0 saturated heterocycles. The van der Waals surface area contributed by atoms with Crippen LogP contribution in [0.25, 0.3) is 0 Å². The smallest absolute Gasteiger partial charge is 0.122 e. The summed E-state index contributed by atoms with van der Waals surface area (Å²) in [5.74, 6) is 0.920. The number of methoxy groups -OCH3 is 1. The quantitative estimate of drug-likeness (QED) is 0.778. The van der Waals surface area contributed by atoms with Gasteiger partial charge in [0.05, 0.1) is 12.7 Å². The van der Waals surface area contributed by atoms with E-state index in [9.17, 15) is 0 Å². The second-order valence-corrected chi connectivity index (χ2v) is 6.02. The summed E-state index contributed by atoms with van der Waals surface area (Å²) in [6, 6.07) is 6.34. The number of hydrogen-bond acceptors (Lipinski definition) is 3. The Labute approximate surface area is 131 Å². The Morgan fingerprint density at radius 3 is 2.55 bits per heavy atom. The van der Waals surface area contributed by atoms with Crippen molar-refractivity contribution >= 4 is 15.9 Å². The number of ether oxygens (including phenoxy) is 2. The topological polar surface area (TPSA) is 30.5 Å². The van der Waals surface area contributed by atoms with Crippen molar-refractivity contribution in [1.82, 2.24) is 5.32 Å². The van der Waals surface area contributed by atoms with Crippen molar-refractivity contribution < 1.29 is 9.47 Å². The molecule has 20 heavy (non-hydrogen) atoms. The van der Waals surface area contributed by atoms with E-state index in [1.807, 2.05) is 26.1 Å². The Bertz CT molecular complexity index is 425. The summed E-state index contributed by atoms with van der Waals surface area (Å²) >= 11 is 3.53. The van der Waals surface area contributed by atoms with Crippen LogP contribution in [0.2, 0.25) is 0 Å². The third-order valence-electron chi connectivity index (χ3n) is 3.93. The zero-order valence-corrected chi connectivity index (χ0v) is 14.7. The molecule has 0 heterocycles. The lowest BCUT2D eigenvalue weighted by Gasteiger charge is -2.37. The average Bonchev–Trinajstić information content (AvgIpc) is 2.45. The van der Waals surface area contributed by atoms with Crippen molar-refractivity contribution in [2.75, 3.05) is 20.8 Å². The van der Waals surface area contributed by atoms with Gasteiger partial charge in [0.25, 0.3) is 0 Å². The maximum absolute atomic E-state index is 5.99. The van der Waals surface area contributed by atoms with Crippen LogP contribution in [0.5, 0.6) is 5.75 Å². The van der Waals surface area contributed by atoms with Gasteiger partial charge in [0.2, 0.25) is 0 Å². The molecule has 1 aromatic rings. The van der Waals surface area contributed by atoms with Crippen LogP contribution in [-0.2, 0) is 11.2 Å². The first kappa shape index (κ1) is 17.5. The normalized spacial score (nSPS) is 15.7. The second kappa shape index (κ2) is 8.01. The van der Waals surface area contributed by atoms with Crippen molar-refractivity contribution in [1.29, 1.82) is 0 Å². The third kappa shape index (κ3) is 4.21. The summed E-state index contributed by atoms with van der Waals surface area (Å²) in [6.07, 6.45) is 1.83. The predicted molar refractivity (Wildman–Crippen MR) is 87.6 cm³/mol. The number of benzene rings is 1. The fraction of sp³-hybridized carbons (Fsp3) is 0.625. The highest BCUT2D eigenvalue weighted by Gasteiger charge is 2.32. The lowest BCUT2D eigenvalue weighted by Crippen LogP contribution is -2.50. The maximum atomic E-state index is 5.99. The largest absolute Gasteiger partial charge is 0.496 e. The first-order valence-corrected chi connectivity index (χ1v) is 7.93. The molecule has 1 N–H and O–H groups in total. The minimum absolute atomic E-state index is 0.184. The van der Waals surface area contributed by atoms with Crippen LogP contribution in [-0.4, -0.2) is 32.4 Å². The first-order valence-electron chi connectivity index (χ1n) is 7.14. The zero-order chi connectivity index (χ0) is 15.2. The first-order chi connectivity index (χ1) is 9.50. The molecule has 0 aliphatic rings. The van der Waals surface area contributed by atoms with Gasteiger partial charge in [-0.3, -0.25) is 0 Å². The SMILES string of the molecule is CCOC(C)(CC)C(Cc1cc(Br)ccc1OC)NC. The van der Waals surface area contributed by atoms with Gasteiger partial charge in [0.15, 0.2) is 0 Å². The minimum atomic E-state index is -0.184. The molecule has 0 amide bonds. The molecule has 114 valence electrons. The van der Waals surface area contributed by atoms with E-state index < -0.39 is 0 Å². The van der Waals surface area contributed by atoms with E-state index in [1.54, 1.807) is 7.11 Å². The lowest BCUT2D eigenvalue weighted by atomic mass is 9.88. The molecular formula is C16H26BrNO2.